The highest BCUT2D eigenvalue weighted by Crippen LogP contribution is 2.57. The van der Waals surface area contributed by atoms with Gasteiger partial charge in [-0.3, -0.25) is 19.2 Å². The molecule has 408 valence electrons. The van der Waals surface area contributed by atoms with E-state index in [1.165, 1.54) is 24.8 Å². The number of benzene rings is 4. The van der Waals surface area contributed by atoms with E-state index in [1.54, 1.807) is 61.4 Å². The van der Waals surface area contributed by atoms with E-state index in [0.717, 1.165) is 47.0 Å². The molecule has 3 fully saturated rings. The van der Waals surface area contributed by atoms with Gasteiger partial charge < -0.3 is 60.3 Å². The summed E-state index contributed by atoms with van der Waals surface area (Å²) < 4.78 is 29.9. The average molecular weight is 1070 g/mol. The van der Waals surface area contributed by atoms with E-state index in [9.17, 15) is 29.1 Å². The monoisotopic (exact) mass is 1070 g/mol. The lowest BCUT2D eigenvalue weighted by Crippen LogP contribution is -2.50. The van der Waals surface area contributed by atoms with Crippen molar-refractivity contribution in [2.75, 3.05) is 56.1 Å². The average Bonchev–Trinajstić information content (AvgIpc) is 4.47. The molecule has 1 saturated heterocycles. The Morgan fingerprint density at radius 2 is 1.52 bits per heavy atom. The molecule has 6 aliphatic rings. The molecule has 4 aromatic rings. The van der Waals surface area contributed by atoms with Gasteiger partial charge in [0, 0.05) is 47.3 Å². The van der Waals surface area contributed by atoms with Crippen LogP contribution in [0.2, 0.25) is 0 Å². The number of aliphatic hydroxyl groups is 1. The number of nitrogens with zero attached hydrogens (tertiary/aromatic N) is 3. The zero-order chi connectivity index (χ0) is 54.1. The van der Waals surface area contributed by atoms with Crippen molar-refractivity contribution in [1.29, 1.82) is 0 Å². The first-order valence-corrected chi connectivity index (χ1v) is 27.6. The normalized spacial score (nSPS) is 20.6. The molecule has 1 unspecified atom stereocenters. The summed E-state index contributed by atoms with van der Waals surface area (Å²) in [7, 11) is 3.05. The molecule has 5 atom stereocenters. The Kier molecular flexibility index (Phi) is 15.7. The van der Waals surface area contributed by atoms with Crippen molar-refractivity contribution in [3.8, 4) is 23.0 Å². The van der Waals surface area contributed by atoms with Crippen LogP contribution in [0.25, 0.3) is 5.57 Å². The molecule has 2 saturated carbocycles. The lowest BCUT2D eigenvalue weighted by molar-refractivity contribution is -0.127. The lowest BCUT2D eigenvalue weighted by atomic mass is 10.0. The zero-order valence-electron chi connectivity index (χ0n) is 44.3. The first kappa shape index (κ1) is 53.4. The van der Waals surface area contributed by atoms with Crippen LogP contribution in [0.3, 0.4) is 0 Å². The number of rotatable bonds is 20. The molecule has 2 aliphatic carbocycles. The minimum Gasteiger partial charge on any atom is -0.493 e. The van der Waals surface area contributed by atoms with Gasteiger partial charge in [-0.15, -0.1) is 11.8 Å². The fourth-order valence-corrected chi connectivity index (χ4v) is 11.5. The summed E-state index contributed by atoms with van der Waals surface area (Å²) in [5.41, 5.74) is 10.7. The number of fused-ring (bicyclic) bond motifs is 4. The molecule has 77 heavy (non-hydrogen) atoms. The fraction of sp³-hybridized carbons (Fsp3) is 0.466. The van der Waals surface area contributed by atoms with E-state index in [1.807, 2.05) is 42.8 Å². The SMILES string of the molecule is COc1cc2c(cc1OCCCCCOc1cc3c(cc1OC)C(=O)N1CC4(CC4)C[C@H]1C(O)N3C(=O)OCc1ccc(NC(=O)[C@H](C)NC(=O)[C@@H](N)C(C)C)cc1)NC[C@@H]1CC(c3ccc(SC4CC4)cc3)=CN1C2=O. The van der Waals surface area contributed by atoms with E-state index < -0.39 is 42.3 Å². The van der Waals surface area contributed by atoms with Crippen LogP contribution in [-0.2, 0) is 20.9 Å². The Labute approximate surface area is 453 Å². The van der Waals surface area contributed by atoms with Gasteiger partial charge in [0.15, 0.2) is 29.2 Å². The molecule has 4 aromatic carbocycles. The summed E-state index contributed by atoms with van der Waals surface area (Å²) in [6.45, 7) is 6.77. The molecule has 10 rings (SSSR count). The highest BCUT2D eigenvalue weighted by Gasteiger charge is 2.58. The maximum atomic E-state index is 14.3. The van der Waals surface area contributed by atoms with E-state index in [2.05, 4.69) is 40.2 Å². The zero-order valence-corrected chi connectivity index (χ0v) is 45.1. The molecule has 19 heteroatoms. The Balaban J connectivity index is 0.749. The number of nitrogens with one attached hydrogen (secondary N) is 3. The maximum absolute atomic E-state index is 14.3. The highest BCUT2D eigenvalue weighted by atomic mass is 32.2. The van der Waals surface area contributed by atoms with Crippen LogP contribution >= 0.6 is 11.8 Å². The van der Waals surface area contributed by atoms with Crippen molar-refractivity contribution in [2.24, 2.45) is 17.1 Å². The number of ether oxygens (including phenoxy) is 5. The first-order chi connectivity index (χ1) is 37.1. The summed E-state index contributed by atoms with van der Waals surface area (Å²) in [4.78, 5) is 73.8. The third-order valence-corrected chi connectivity index (χ3v) is 16.8. The molecule has 6 N–H and O–H groups in total. The predicted octanol–water partition coefficient (Wildman–Crippen LogP) is 8.16. The van der Waals surface area contributed by atoms with Crippen LogP contribution in [0.15, 0.2) is 83.9 Å². The van der Waals surface area contributed by atoms with Gasteiger partial charge in [-0.25, -0.2) is 9.69 Å². The second-order valence-electron chi connectivity index (χ2n) is 21.5. The number of amides is 5. The Morgan fingerprint density at radius 3 is 2.17 bits per heavy atom. The number of hydrogen-bond donors (Lipinski definition) is 5. The molecule has 1 spiro atoms. The van der Waals surface area contributed by atoms with Crippen LogP contribution in [-0.4, -0.2) is 121 Å². The van der Waals surface area contributed by atoms with Crippen molar-refractivity contribution in [1.82, 2.24) is 15.1 Å². The molecule has 18 nitrogen and oxygen atoms in total. The van der Waals surface area contributed by atoms with Gasteiger partial charge in [0.2, 0.25) is 11.8 Å². The van der Waals surface area contributed by atoms with Crippen molar-refractivity contribution >= 4 is 64.1 Å². The third kappa shape index (κ3) is 11.7. The smallest absolute Gasteiger partial charge is 0.416 e. The maximum Gasteiger partial charge on any atom is 0.416 e. The van der Waals surface area contributed by atoms with Crippen LogP contribution in [0.1, 0.15) is 110 Å². The van der Waals surface area contributed by atoms with Crippen molar-refractivity contribution < 1.29 is 52.8 Å². The second-order valence-corrected chi connectivity index (χ2v) is 22.9. The number of anilines is 3. The third-order valence-electron chi connectivity index (χ3n) is 15.5. The quantitative estimate of drug-likeness (QED) is 0.0527. The molecule has 5 amide bonds. The number of methoxy groups -OCH3 is 2. The number of carbonyl (C=O) groups excluding carboxylic acids is 5. The van der Waals surface area contributed by atoms with Crippen LogP contribution in [0.4, 0.5) is 21.9 Å². The number of nitrogens with two attached hydrogens (primary N) is 1. The standard InChI is InChI=1S/C58H69N7O11S/c1-33(2)51(59)53(67)61-34(3)52(66)62-38-13-9-35(10-14-38)31-76-57(71)65-45-27-50(48(73-5)25-43(45)55(69)64-32-58(19-20-58)28-46(64)56(65)70)75-22-8-6-7-21-74-49-26-44-42(24-47(49)72-4)54(68)63-30-37(23-39(63)29-60-44)36-11-15-40(16-12-36)77-41-17-18-41/h9-16,24-27,30,33-34,39,41,46,51,56,60,70H,6-8,17-23,28-29,31-32,59H2,1-5H3,(H,61,67)(H,62,66)/t34-,39-,46-,51-,56?/m0/s1. The minimum absolute atomic E-state index is 0.0219. The van der Waals surface area contributed by atoms with Crippen molar-refractivity contribution in [3.63, 3.8) is 0 Å². The molecule has 0 aromatic heterocycles. The van der Waals surface area contributed by atoms with E-state index in [0.29, 0.717) is 78.7 Å². The number of hydrogen-bond acceptors (Lipinski definition) is 14. The van der Waals surface area contributed by atoms with Crippen molar-refractivity contribution in [2.45, 2.75) is 126 Å². The number of unbranched alkanes of at least 4 members (excludes halogenated alkanes) is 2. The van der Waals surface area contributed by atoms with Gasteiger partial charge in [0.05, 0.1) is 68.1 Å². The molecular weight excluding hydrogens is 1000 g/mol. The minimum atomic E-state index is -1.41. The molecular formula is C58H69N7O11S. The number of carbonyl (C=O) groups is 5. The lowest BCUT2D eigenvalue weighted by Gasteiger charge is -2.31. The highest BCUT2D eigenvalue weighted by molar-refractivity contribution is 8.00. The van der Waals surface area contributed by atoms with Crippen LogP contribution in [0.5, 0.6) is 23.0 Å². The van der Waals surface area contributed by atoms with Crippen LogP contribution < -0.4 is 45.5 Å². The Morgan fingerprint density at radius 1 is 0.844 bits per heavy atom. The molecule has 4 aliphatic heterocycles. The second kappa shape index (κ2) is 22.6. The van der Waals surface area contributed by atoms with Crippen LogP contribution in [0, 0.1) is 11.3 Å². The Hall–Kier alpha value is -6.96. The predicted molar refractivity (Wildman–Crippen MR) is 292 cm³/mol. The van der Waals surface area contributed by atoms with Gasteiger partial charge in [-0.2, -0.15) is 0 Å². The summed E-state index contributed by atoms with van der Waals surface area (Å²) in [5, 5.41) is 21.7. The Bertz CT molecular complexity index is 2930. The van der Waals surface area contributed by atoms with Gasteiger partial charge in [-0.05, 0) is 129 Å². The molecule has 4 heterocycles. The van der Waals surface area contributed by atoms with Crippen molar-refractivity contribution in [3.05, 3.63) is 101 Å². The molecule has 0 radical (unpaired) electrons. The summed E-state index contributed by atoms with van der Waals surface area (Å²) >= 11 is 1.94. The van der Waals surface area contributed by atoms with E-state index in [4.69, 9.17) is 29.4 Å². The first-order valence-electron chi connectivity index (χ1n) is 26.8. The van der Waals surface area contributed by atoms with E-state index >= 15 is 0 Å². The summed E-state index contributed by atoms with van der Waals surface area (Å²) in [5.74, 6) is 0.251. The topological polar surface area (TPSA) is 224 Å². The fourth-order valence-electron chi connectivity index (χ4n) is 10.5. The molecule has 0 bridgehead atoms. The van der Waals surface area contributed by atoms with E-state index in [-0.39, 0.29) is 59.4 Å². The van der Waals surface area contributed by atoms with Gasteiger partial charge >= 0.3 is 6.09 Å². The van der Waals surface area contributed by atoms with Gasteiger partial charge in [-0.1, -0.05) is 38.1 Å². The number of aliphatic hydroxyl groups excluding tert-OH is 1. The summed E-state index contributed by atoms with van der Waals surface area (Å²) in [6.07, 6.45) is 7.53. The van der Waals surface area contributed by atoms with Gasteiger partial charge in [0.1, 0.15) is 12.6 Å². The van der Waals surface area contributed by atoms with Gasteiger partial charge in [0.25, 0.3) is 11.8 Å². The number of thioether (sulfide) groups is 1. The summed E-state index contributed by atoms with van der Waals surface area (Å²) in [6, 6.07) is 19.8. The largest absolute Gasteiger partial charge is 0.493 e.